The largest absolute Gasteiger partial charge is 0.497 e. The van der Waals surface area contributed by atoms with E-state index in [2.05, 4.69) is 36.5 Å². The molecule has 0 radical (unpaired) electrons. The minimum Gasteiger partial charge on any atom is -0.497 e. The maximum absolute atomic E-state index is 11.8. The fraction of sp³-hybridized carbons (Fsp3) is 0.350. The molecule has 25 heavy (non-hydrogen) atoms. The summed E-state index contributed by atoms with van der Waals surface area (Å²) in [7, 11) is 1.68. The average molecular weight is 361 g/mol. The van der Waals surface area contributed by atoms with Crippen molar-refractivity contribution in [1.29, 1.82) is 0 Å². The number of carbonyl (C=O) groups excluding carboxylic acids is 1. The molecule has 0 spiro atoms. The highest BCUT2D eigenvalue weighted by Gasteiger charge is 2.21. The van der Waals surface area contributed by atoms with Crippen LogP contribution >= 0.6 is 12.4 Å². The molecule has 0 bridgehead atoms. The van der Waals surface area contributed by atoms with Gasteiger partial charge in [0.25, 0.3) is 0 Å². The Morgan fingerprint density at radius 2 is 1.80 bits per heavy atom. The molecule has 1 aliphatic heterocycles. The highest BCUT2D eigenvalue weighted by atomic mass is 35.5. The second kappa shape index (κ2) is 8.88. The van der Waals surface area contributed by atoms with Crippen LogP contribution in [-0.2, 0) is 11.3 Å². The summed E-state index contributed by atoms with van der Waals surface area (Å²) in [6.07, 6.45) is 1.63. The Balaban J connectivity index is 0.00000225. The number of nitrogens with one attached hydrogen (secondary N) is 1. The van der Waals surface area contributed by atoms with Crippen molar-refractivity contribution < 1.29 is 9.53 Å². The van der Waals surface area contributed by atoms with E-state index in [9.17, 15) is 4.79 Å². The van der Waals surface area contributed by atoms with Crippen LogP contribution in [-0.4, -0.2) is 19.6 Å². The van der Waals surface area contributed by atoms with E-state index in [-0.39, 0.29) is 24.4 Å². The minimum absolute atomic E-state index is 0. The number of methoxy groups -OCH3 is 1. The predicted octanol–water partition coefficient (Wildman–Crippen LogP) is 4.09. The van der Waals surface area contributed by atoms with Crippen LogP contribution in [0.15, 0.2) is 48.5 Å². The van der Waals surface area contributed by atoms with Gasteiger partial charge >= 0.3 is 0 Å². The van der Waals surface area contributed by atoms with Crippen molar-refractivity contribution in [1.82, 2.24) is 5.32 Å². The molecular weight excluding hydrogens is 336 g/mol. The lowest BCUT2D eigenvalue weighted by Gasteiger charge is -2.18. The molecule has 3 rings (SSSR count). The predicted molar refractivity (Wildman–Crippen MR) is 104 cm³/mol. The van der Waals surface area contributed by atoms with E-state index in [1.807, 2.05) is 29.2 Å². The number of benzene rings is 2. The fourth-order valence-corrected chi connectivity index (χ4v) is 3.00. The van der Waals surface area contributed by atoms with Crippen LogP contribution in [0.25, 0.3) is 0 Å². The first-order valence-electron chi connectivity index (χ1n) is 8.44. The van der Waals surface area contributed by atoms with E-state index in [1.54, 1.807) is 7.11 Å². The standard InChI is InChI=1S/C20H24N2O2.ClH/c1-15(21-14-16-5-11-19(24-2)12-6-16)17-7-9-18(10-8-17)22-13-3-4-20(22)23;/h5-12,15,21H,3-4,13-14H2,1-2H3;1H. The first-order chi connectivity index (χ1) is 11.7. The molecule has 1 amide bonds. The van der Waals surface area contributed by atoms with Gasteiger partial charge in [-0.05, 0) is 48.7 Å². The van der Waals surface area contributed by atoms with Crippen molar-refractivity contribution in [3.8, 4) is 5.75 Å². The Bertz CT molecular complexity index is 686. The average Bonchev–Trinajstić information content (AvgIpc) is 3.06. The Hall–Kier alpha value is -2.04. The monoisotopic (exact) mass is 360 g/mol. The van der Waals surface area contributed by atoms with E-state index in [0.29, 0.717) is 6.42 Å². The van der Waals surface area contributed by atoms with Gasteiger partial charge in [0.1, 0.15) is 5.75 Å². The summed E-state index contributed by atoms with van der Waals surface area (Å²) >= 11 is 0. The molecular formula is C20H25ClN2O2. The number of amides is 1. The van der Waals surface area contributed by atoms with E-state index in [1.165, 1.54) is 11.1 Å². The number of ether oxygens (including phenoxy) is 1. The van der Waals surface area contributed by atoms with Crippen LogP contribution in [0.5, 0.6) is 5.75 Å². The summed E-state index contributed by atoms with van der Waals surface area (Å²) in [5.74, 6) is 1.10. The molecule has 5 heteroatoms. The van der Waals surface area contributed by atoms with Crippen molar-refractivity contribution in [3.63, 3.8) is 0 Å². The summed E-state index contributed by atoms with van der Waals surface area (Å²) in [6.45, 7) is 3.79. The highest BCUT2D eigenvalue weighted by Crippen LogP contribution is 2.23. The molecule has 2 aromatic rings. The van der Waals surface area contributed by atoms with Gasteiger partial charge < -0.3 is 15.0 Å². The van der Waals surface area contributed by atoms with Crippen LogP contribution in [0.4, 0.5) is 5.69 Å². The molecule has 0 aliphatic carbocycles. The number of halogens is 1. The van der Waals surface area contributed by atoms with Crippen molar-refractivity contribution >= 4 is 24.0 Å². The number of hydrogen-bond acceptors (Lipinski definition) is 3. The molecule has 0 aromatic heterocycles. The Kier molecular flexibility index (Phi) is 6.85. The highest BCUT2D eigenvalue weighted by molar-refractivity contribution is 5.95. The van der Waals surface area contributed by atoms with Gasteiger partial charge in [0.15, 0.2) is 0 Å². The number of nitrogens with zero attached hydrogens (tertiary/aromatic N) is 1. The van der Waals surface area contributed by atoms with Crippen molar-refractivity contribution in [2.75, 3.05) is 18.6 Å². The first-order valence-corrected chi connectivity index (χ1v) is 8.44. The Labute approximate surface area is 155 Å². The molecule has 4 nitrogen and oxygen atoms in total. The molecule has 0 saturated carbocycles. The second-order valence-electron chi connectivity index (χ2n) is 6.19. The maximum Gasteiger partial charge on any atom is 0.227 e. The van der Waals surface area contributed by atoms with Crippen LogP contribution in [0, 0.1) is 0 Å². The summed E-state index contributed by atoms with van der Waals surface area (Å²) in [4.78, 5) is 13.7. The maximum atomic E-state index is 11.8. The third kappa shape index (κ3) is 4.74. The van der Waals surface area contributed by atoms with Gasteiger partial charge in [-0.25, -0.2) is 0 Å². The van der Waals surface area contributed by atoms with Crippen LogP contribution in [0.1, 0.15) is 36.9 Å². The molecule has 2 aromatic carbocycles. The van der Waals surface area contributed by atoms with Crippen LogP contribution in [0.3, 0.4) is 0 Å². The summed E-state index contributed by atoms with van der Waals surface area (Å²) < 4.78 is 5.18. The van der Waals surface area contributed by atoms with Crippen molar-refractivity contribution in [3.05, 3.63) is 59.7 Å². The van der Waals surface area contributed by atoms with Crippen LogP contribution in [0.2, 0.25) is 0 Å². The topological polar surface area (TPSA) is 41.6 Å². The quantitative estimate of drug-likeness (QED) is 0.843. The lowest BCUT2D eigenvalue weighted by molar-refractivity contribution is -0.117. The molecule has 1 heterocycles. The third-order valence-corrected chi connectivity index (χ3v) is 4.55. The van der Waals surface area contributed by atoms with Gasteiger partial charge in [0.05, 0.1) is 7.11 Å². The van der Waals surface area contributed by atoms with Gasteiger partial charge in [-0.1, -0.05) is 24.3 Å². The van der Waals surface area contributed by atoms with E-state index >= 15 is 0 Å². The van der Waals surface area contributed by atoms with Crippen LogP contribution < -0.4 is 15.0 Å². The first kappa shape index (κ1) is 19.3. The van der Waals surface area contributed by atoms with E-state index < -0.39 is 0 Å². The molecule has 1 atom stereocenters. The SMILES string of the molecule is COc1ccc(CNC(C)c2ccc(N3CCCC3=O)cc2)cc1.Cl. The third-order valence-electron chi connectivity index (χ3n) is 4.55. The lowest BCUT2D eigenvalue weighted by Crippen LogP contribution is -2.23. The van der Waals surface area contributed by atoms with Crippen molar-refractivity contribution in [2.45, 2.75) is 32.4 Å². The zero-order valence-electron chi connectivity index (χ0n) is 14.7. The lowest BCUT2D eigenvalue weighted by atomic mass is 10.1. The molecule has 1 aliphatic rings. The van der Waals surface area contributed by atoms with Gasteiger partial charge in [0.2, 0.25) is 5.91 Å². The van der Waals surface area contributed by atoms with Gasteiger partial charge in [-0.15, -0.1) is 12.4 Å². The van der Waals surface area contributed by atoms with Gasteiger partial charge in [-0.3, -0.25) is 4.79 Å². The summed E-state index contributed by atoms with van der Waals surface area (Å²) in [5, 5.41) is 3.53. The Morgan fingerprint density at radius 1 is 1.12 bits per heavy atom. The Morgan fingerprint density at radius 3 is 2.36 bits per heavy atom. The van der Waals surface area contributed by atoms with E-state index in [0.717, 1.165) is 30.9 Å². The molecule has 134 valence electrons. The second-order valence-corrected chi connectivity index (χ2v) is 6.19. The van der Waals surface area contributed by atoms with Gasteiger partial charge in [0, 0.05) is 31.2 Å². The fourth-order valence-electron chi connectivity index (χ4n) is 3.00. The molecule has 1 N–H and O–H groups in total. The van der Waals surface area contributed by atoms with E-state index in [4.69, 9.17) is 4.74 Å². The molecule has 1 saturated heterocycles. The van der Waals surface area contributed by atoms with Crippen molar-refractivity contribution in [2.24, 2.45) is 0 Å². The number of carbonyl (C=O) groups is 1. The normalized spacial score (nSPS) is 15.0. The molecule has 1 fully saturated rings. The van der Waals surface area contributed by atoms with Gasteiger partial charge in [-0.2, -0.15) is 0 Å². The summed E-state index contributed by atoms with van der Waals surface area (Å²) in [5.41, 5.74) is 3.45. The molecule has 1 unspecified atom stereocenters. The zero-order chi connectivity index (χ0) is 16.9. The minimum atomic E-state index is 0. The zero-order valence-corrected chi connectivity index (χ0v) is 15.5. The smallest absolute Gasteiger partial charge is 0.227 e. The number of hydrogen-bond donors (Lipinski definition) is 1. The number of rotatable bonds is 6. The number of anilines is 1. The summed E-state index contributed by atoms with van der Waals surface area (Å²) in [6, 6.07) is 16.6.